The highest BCUT2D eigenvalue weighted by atomic mass is 19.4. The largest absolute Gasteiger partial charge is 0.477 e. The molecule has 3 nitrogen and oxygen atoms in total. The van der Waals surface area contributed by atoms with Crippen LogP contribution in [0, 0.1) is 6.92 Å². The van der Waals surface area contributed by atoms with Gasteiger partial charge in [0.15, 0.2) is 0 Å². The molecule has 21 heavy (non-hydrogen) atoms. The van der Waals surface area contributed by atoms with E-state index in [1.54, 1.807) is 13.0 Å². The monoisotopic (exact) mass is 297 g/mol. The number of carboxylic acids is 1. The van der Waals surface area contributed by atoms with Crippen molar-refractivity contribution in [3.05, 3.63) is 58.4 Å². The van der Waals surface area contributed by atoms with Crippen LogP contribution < -0.4 is 0 Å². The fourth-order valence-corrected chi connectivity index (χ4v) is 2.12. The quantitative estimate of drug-likeness (QED) is 0.901. The number of hydrogen-bond donors (Lipinski definition) is 2. The second-order valence-electron chi connectivity index (χ2n) is 4.83. The van der Waals surface area contributed by atoms with Crippen LogP contribution in [-0.2, 0) is 19.0 Å². The number of carbonyl (C=O) groups is 1. The van der Waals surface area contributed by atoms with Gasteiger partial charge in [-0.2, -0.15) is 13.2 Å². The lowest BCUT2D eigenvalue weighted by molar-refractivity contribution is -0.137. The van der Waals surface area contributed by atoms with Crippen molar-refractivity contribution in [3.8, 4) is 0 Å². The molecule has 6 heteroatoms. The van der Waals surface area contributed by atoms with E-state index in [-0.39, 0.29) is 5.69 Å². The van der Waals surface area contributed by atoms with Crippen molar-refractivity contribution in [3.63, 3.8) is 0 Å². The smallest absolute Gasteiger partial charge is 0.416 e. The molecule has 0 amide bonds. The van der Waals surface area contributed by atoms with Gasteiger partial charge in [0.1, 0.15) is 5.69 Å². The van der Waals surface area contributed by atoms with Crippen molar-refractivity contribution in [1.29, 1.82) is 0 Å². The topological polar surface area (TPSA) is 53.1 Å². The van der Waals surface area contributed by atoms with Crippen LogP contribution in [0.1, 0.15) is 32.9 Å². The molecule has 0 fully saturated rings. The minimum absolute atomic E-state index is 0.120. The average molecular weight is 297 g/mol. The van der Waals surface area contributed by atoms with Gasteiger partial charge in [0.05, 0.1) is 5.56 Å². The summed E-state index contributed by atoms with van der Waals surface area (Å²) in [4.78, 5) is 13.6. The van der Waals surface area contributed by atoms with Crippen LogP contribution >= 0.6 is 0 Å². The summed E-state index contributed by atoms with van der Waals surface area (Å²) in [7, 11) is 0. The van der Waals surface area contributed by atoms with Crippen LogP contribution in [0.2, 0.25) is 0 Å². The number of rotatable bonds is 4. The number of aromatic amines is 1. The van der Waals surface area contributed by atoms with Crippen molar-refractivity contribution in [2.24, 2.45) is 0 Å². The second-order valence-corrected chi connectivity index (χ2v) is 4.83. The van der Waals surface area contributed by atoms with E-state index >= 15 is 0 Å². The third-order valence-electron chi connectivity index (χ3n) is 3.32. The Bertz CT molecular complexity index is 642. The molecule has 0 spiro atoms. The molecule has 0 unspecified atom stereocenters. The third kappa shape index (κ3) is 3.65. The van der Waals surface area contributed by atoms with Crippen molar-refractivity contribution < 1.29 is 23.1 Å². The zero-order valence-corrected chi connectivity index (χ0v) is 11.3. The Morgan fingerprint density at radius 3 is 2.29 bits per heavy atom. The Kier molecular flexibility index (Phi) is 4.06. The number of carboxylic acid groups (broad SMARTS) is 1. The van der Waals surface area contributed by atoms with Crippen LogP contribution in [0.5, 0.6) is 0 Å². The van der Waals surface area contributed by atoms with Gasteiger partial charge < -0.3 is 10.1 Å². The van der Waals surface area contributed by atoms with Gasteiger partial charge >= 0.3 is 12.1 Å². The van der Waals surface area contributed by atoms with Crippen LogP contribution in [0.4, 0.5) is 13.2 Å². The molecule has 0 bridgehead atoms. The molecule has 1 aromatic carbocycles. The summed E-state index contributed by atoms with van der Waals surface area (Å²) >= 11 is 0. The van der Waals surface area contributed by atoms with Crippen LogP contribution in [0.25, 0.3) is 0 Å². The van der Waals surface area contributed by atoms with E-state index in [1.807, 2.05) is 0 Å². The first kappa shape index (κ1) is 15.2. The summed E-state index contributed by atoms with van der Waals surface area (Å²) < 4.78 is 37.3. The minimum atomic E-state index is -4.33. The summed E-state index contributed by atoms with van der Waals surface area (Å²) in [6.07, 6.45) is -3.21. The maximum Gasteiger partial charge on any atom is 0.416 e. The van der Waals surface area contributed by atoms with E-state index in [2.05, 4.69) is 4.98 Å². The zero-order valence-electron chi connectivity index (χ0n) is 11.3. The summed E-state index contributed by atoms with van der Waals surface area (Å²) in [5.74, 6) is -1.03. The molecule has 0 saturated carbocycles. The number of aromatic nitrogens is 1. The van der Waals surface area contributed by atoms with Gasteiger partial charge in [-0.1, -0.05) is 12.1 Å². The van der Waals surface area contributed by atoms with Gasteiger partial charge in [0, 0.05) is 5.69 Å². The number of aromatic carboxylic acids is 1. The van der Waals surface area contributed by atoms with Crippen LogP contribution in [-0.4, -0.2) is 16.1 Å². The predicted octanol–water partition coefficient (Wildman–Crippen LogP) is 3.83. The number of benzene rings is 1. The van der Waals surface area contributed by atoms with Gasteiger partial charge in [-0.3, -0.25) is 0 Å². The Hall–Kier alpha value is -2.24. The predicted molar refractivity (Wildman–Crippen MR) is 71.3 cm³/mol. The standard InChI is InChI=1S/C15H14F3NO2/c1-9-11(8-13(19-9)14(20)21)5-2-10-3-6-12(7-4-10)15(16,17)18/h3-4,6-8,19H,2,5H2,1H3,(H,20,21). The molecule has 0 aliphatic rings. The first-order valence-corrected chi connectivity index (χ1v) is 6.35. The summed E-state index contributed by atoms with van der Waals surface area (Å²) in [5, 5.41) is 8.88. The number of hydrogen-bond acceptors (Lipinski definition) is 1. The van der Waals surface area contributed by atoms with Crippen LogP contribution in [0.3, 0.4) is 0 Å². The highest BCUT2D eigenvalue weighted by Gasteiger charge is 2.29. The molecule has 112 valence electrons. The van der Waals surface area contributed by atoms with E-state index in [0.717, 1.165) is 29.0 Å². The highest BCUT2D eigenvalue weighted by Crippen LogP contribution is 2.29. The second kappa shape index (κ2) is 5.63. The molecule has 2 rings (SSSR count). The molecule has 0 saturated heterocycles. The lowest BCUT2D eigenvalue weighted by Gasteiger charge is -2.07. The summed E-state index contributed by atoms with van der Waals surface area (Å²) in [5.41, 5.74) is 1.85. The number of nitrogens with one attached hydrogen (secondary N) is 1. The van der Waals surface area contributed by atoms with Gasteiger partial charge in [0.2, 0.25) is 0 Å². The Labute approximate surface area is 119 Å². The molecule has 2 N–H and O–H groups in total. The van der Waals surface area contributed by atoms with E-state index in [4.69, 9.17) is 5.11 Å². The zero-order chi connectivity index (χ0) is 15.6. The lowest BCUT2D eigenvalue weighted by atomic mass is 10.0. The molecule has 2 aromatic rings. The van der Waals surface area contributed by atoms with Crippen molar-refractivity contribution in [1.82, 2.24) is 4.98 Å². The normalized spacial score (nSPS) is 11.6. The lowest BCUT2D eigenvalue weighted by Crippen LogP contribution is -2.04. The maximum absolute atomic E-state index is 12.4. The SMILES string of the molecule is Cc1[nH]c(C(=O)O)cc1CCc1ccc(C(F)(F)F)cc1. The third-order valence-corrected chi connectivity index (χ3v) is 3.32. The number of alkyl halides is 3. The number of halogens is 3. The molecule has 0 atom stereocenters. The first-order chi connectivity index (χ1) is 9.77. The summed E-state index contributed by atoms with van der Waals surface area (Å²) in [6.45, 7) is 1.77. The van der Waals surface area contributed by atoms with Gasteiger partial charge in [-0.25, -0.2) is 4.79 Å². The Balaban J connectivity index is 2.05. The molecular formula is C15H14F3NO2. The van der Waals surface area contributed by atoms with Gasteiger partial charge in [-0.05, 0) is 49.1 Å². The molecule has 0 aliphatic carbocycles. The van der Waals surface area contributed by atoms with Crippen molar-refractivity contribution in [2.75, 3.05) is 0 Å². The molecule has 1 aromatic heterocycles. The first-order valence-electron chi connectivity index (χ1n) is 6.35. The number of aryl methyl sites for hydroxylation is 3. The van der Waals surface area contributed by atoms with Crippen molar-refractivity contribution in [2.45, 2.75) is 25.9 Å². The number of H-pyrrole nitrogens is 1. The van der Waals surface area contributed by atoms with E-state index in [1.165, 1.54) is 12.1 Å². The minimum Gasteiger partial charge on any atom is -0.477 e. The average Bonchev–Trinajstić information content (AvgIpc) is 2.77. The molecule has 0 radical (unpaired) electrons. The van der Waals surface area contributed by atoms with Crippen LogP contribution in [0.15, 0.2) is 30.3 Å². The fourth-order valence-electron chi connectivity index (χ4n) is 2.12. The van der Waals surface area contributed by atoms with E-state index in [0.29, 0.717) is 12.8 Å². The molecule has 0 aliphatic heterocycles. The van der Waals surface area contributed by atoms with Gasteiger partial charge in [-0.15, -0.1) is 0 Å². The van der Waals surface area contributed by atoms with E-state index < -0.39 is 17.7 Å². The fraction of sp³-hybridized carbons (Fsp3) is 0.267. The van der Waals surface area contributed by atoms with Gasteiger partial charge in [0.25, 0.3) is 0 Å². The maximum atomic E-state index is 12.4. The highest BCUT2D eigenvalue weighted by molar-refractivity contribution is 5.86. The van der Waals surface area contributed by atoms with E-state index in [9.17, 15) is 18.0 Å². The Morgan fingerprint density at radius 2 is 1.81 bits per heavy atom. The molecule has 1 heterocycles. The summed E-state index contributed by atoms with van der Waals surface area (Å²) in [6, 6.07) is 6.57. The van der Waals surface area contributed by atoms with Crippen molar-refractivity contribution >= 4 is 5.97 Å². The Morgan fingerprint density at radius 1 is 1.19 bits per heavy atom. The molecular weight excluding hydrogens is 283 g/mol.